The third-order valence-electron chi connectivity index (χ3n) is 5.00. The van der Waals surface area contributed by atoms with Crippen LogP contribution in [-0.2, 0) is 10.8 Å². The van der Waals surface area contributed by atoms with E-state index in [9.17, 15) is 5.11 Å². The largest absolute Gasteiger partial charge is 0.507 e. The van der Waals surface area contributed by atoms with Crippen molar-refractivity contribution in [3.63, 3.8) is 0 Å². The fraction of sp³-hybridized carbons (Fsp3) is 0.308. The Labute approximate surface area is 175 Å². The zero-order valence-electron chi connectivity index (χ0n) is 18.3. The summed E-state index contributed by atoms with van der Waals surface area (Å²) in [5.41, 5.74) is 8.07. The first-order valence-corrected chi connectivity index (χ1v) is 10.1. The monoisotopic (exact) mass is 388 g/mol. The summed E-state index contributed by atoms with van der Waals surface area (Å²) >= 11 is 0. The Morgan fingerprint density at radius 2 is 1.10 bits per heavy atom. The number of phenols is 1. The molecule has 3 nitrogen and oxygen atoms in total. The predicted molar refractivity (Wildman–Crippen MR) is 124 cm³/mol. The molecule has 0 amide bonds. The van der Waals surface area contributed by atoms with Gasteiger partial charge in [-0.05, 0) is 47.2 Å². The molecule has 152 valence electrons. The summed E-state index contributed by atoms with van der Waals surface area (Å²) in [4.78, 5) is 0. The number of benzene rings is 3. The van der Waals surface area contributed by atoms with E-state index in [0.29, 0.717) is 5.75 Å². The van der Waals surface area contributed by atoms with Gasteiger partial charge in [-0.3, -0.25) is 10.4 Å². The number of hydrogen-bond donors (Lipinski definition) is 2. The minimum Gasteiger partial charge on any atom is -0.507 e. The predicted octanol–water partition coefficient (Wildman–Crippen LogP) is 7.15. The molecule has 0 bridgehead atoms. The molecule has 0 saturated carbocycles. The summed E-state index contributed by atoms with van der Waals surface area (Å²) in [6, 6.07) is 24.6. The Kier molecular flexibility index (Phi) is 5.61. The molecule has 0 aromatic heterocycles. The maximum atomic E-state index is 11.1. The number of aromatic hydroxyl groups is 1. The molecule has 3 rings (SSSR count). The average molecular weight is 389 g/mol. The minimum absolute atomic E-state index is 0.185. The van der Waals surface area contributed by atoms with E-state index < -0.39 is 0 Å². The first-order chi connectivity index (χ1) is 13.6. The Morgan fingerprint density at radius 1 is 0.655 bits per heavy atom. The van der Waals surface area contributed by atoms with Crippen molar-refractivity contribution in [1.29, 1.82) is 0 Å². The molecule has 0 fully saturated rings. The molecule has 0 aliphatic carbocycles. The number of hydrazine groups is 1. The summed E-state index contributed by atoms with van der Waals surface area (Å²) in [6.07, 6.45) is 0. The lowest BCUT2D eigenvalue weighted by atomic mass is 9.79. The minimum atomic E-state index is -0.185. The van der Waals surface area contributed by atoms with E-state index in [-0.39, 0.29) is 10.8 Å². The van der Waals surface area contributed by atoms with Crippen molar-refractivity contribution in [2.24, 2.45) is 0 Å². The lowest BCUT2D eigenvalue weighted by molar-refractivity contribution is 0.423. The van der Waals surface area contributed by atoms with Gasteiger partial charge in [0.1, 0.15) is 5.75 Å². The van der Waals surface area contributed by atoms with Gasteiger partial charge >= 0.3 is 0 Å². The highest BCUT2D eigenvalue weighted by atomic mass is 16.3. The van der Waals surface area contributed by atoms with Crippen LogP contribution in [0.15, 0.2) is 72.8 Å². The maximum Gasteiger partial charge on any atom is 0.123 e. The number of anilines is 3. The zero-order valence-corrected chi connectivity index (χ0v) is 18.3. The number of rotatable bonds is 4. The molecular weight excluding hydrogens is 356 g/mol. The van der Waals surface area contributed by atoms with Gasteiger partial charge in [0.25, 0.3) is 0 Å². The molecule has 0 aliphatic heterocycles. The second-order valence-electron chi connectivity index (χ2n) is 9.54. The molecule has 3 heteroatoms. The summed E-state index contributed by atoms with van der Waals surface area (Å²) in [7, 11) is 0. The molecule has 2 N–H and O–H groups in total. The normalized spacial score (nSPS) is 11.9. The van der Waals surface area contributed by atoms with Crippen LogP contribution in [0.1, 0.15) is 52.7 Å². The molecule has 0 heterocycles. The molecule has 0 radical (unpaired) electrons. The number of para-hydroxylation sites is 2. The van der Waals surface area contributed by atoms with Crippen molar-refractivity contribution in [3.05, 3.63) is 83.9 Å². The average Bonchev–Trinajstić information content (AvgIpc) is 2.66. The molecule has 3 aromatic carbocycles. The highest BCUT2D eigenvalue weighted by Crippen LogP contribution is 2.43. The Hall–Kier alpha value is -2.94. The third kappa shape index (κ3) is 4.73. The van der Waals surface area contributed by atoms with E-state index in [0.717, 1.165) is 28.2 Å². The van der Waals surface area contributed by atoms with E-state index in [2.05, 4.69) is 76.2 Å². The van der Waals surface area contributed by atoms with Gasteiger partial charge in [0.15, 0.2) is 0 Å². The van der Waals surface area contributed by atoms with Crippen molar-refractivity contribution in [1.82, 2.24) is 0 Å². The van der Waals surface area contributed by atoms with Crippen LogP contribution >= 0.6 is 0 Å². The fourth-order valence-corrected chi connectivity index (χ4v) is 3.39. The maximum absolute atomic E-state index is 11.1. The third-order valence-corrected chi connectivity index (χ3v) is 5.00. The lowest BCUT2D eigenvalue weighted by Gasteiger charge is -2.32. The second kappa shape index (κ2) is 7.82. The van der Waals surface area contributed by atoms with Crippen molar-refractivity contribution < 1.29 is 5.11 Å². The number of hydrogen-bond acceptors (Lipinski definition) is 3. The van der Waals surface area contributed by atoms with Crippen LogP contribution in [0, 0.1) is 0 Å². The van der Waals surface area contributed by atoms with Crippen molar-refractivity contribution in [3.8, 4) is 5.75 Å². The standard InChI is InChI=1S/C26H32N2O/c1-25(2,3)22-17-21(18-23(24(22)29)26(4,5)6)28(20-15-11-8-12-16-20)27-19-13-9-7-10-14-19/h7-18,27,29H,1-6H3. The zero-order chi connectivity index (χ0) is 21.2. The van der Waals surface area contributed by atoms with E-state index in [1.807, 2.05) is 48.5 Å². The topological polar surface area (TPSA) is 35.5 Å². The lowest BCUT2D eigenvalue weighted by Crippen LogP contribution is -2.26. The van der Waals surface area contributed by atoms with Gasteiger partial charge in [-0.25, -0.2) is 0 Å². The van der Waals surface area contributed by atoms with Crippen molar-refractivity contribution >= 4 is 17.1 Å². The molecule has 3 aromatic rings. The first-order valence-electron chi connectivity index (χ1n) is 10.1. The van der Waals surface area contributed by atoms with Gasteiger partial charge in [0.2, 0.25) is 0 Å². The SMILES string of the molecule is CC(C)(C)c1cc(N(Nc2ccccc2)c2ccccc2)cc(C(C)(C)C)c1O. The van der Waals surface area contributed by atoms with Crippen LogP contribution in [-0.4, -0.2) is 5.11 Å². The van der Waals surface area contributed by atoms with Crippen LogP contribution in [0.2, 0.25) is 0 Å². The van der Waals surface area contributed by atoms with Crippen LogP contribution < -0.4 is 10.4 Å². The summed E-state index contributed by atoms with van der Waals surface area (Å²) < 4.78 is 0. The van der Waals surface area contributed by atoms with Crippen LogP contribution in [0.25, 0.3) is 0 Å². The summed E-state index contributed by atoms with van der Waals surface area (Å²) in [5.74, 6) is 0.390. The Balaban J connectivity index is 2.21. The molecule has 0 unspecified atom stereocenters. The highest BCUT2D eigenvalue weighted by molar-refractivity contribution is 5.71. The van der Waals surface area contributed by atoms with E-state index in [1.165, 1.54) is 0 Å². The summed E-state index contributed by atoms with van der Waals surface area (Å²) in [6.45, 7) is 12.8. The van der Waals surface area contributed by atoms with E-state index in [4.69, 9.17) is 0 Å². The quantitative estimate of drug-likeness (QED) is 0.466. The molecule has 29 heavy (non-hydrogen) atoms. The second-order valence-corrected chi connectivity index (χ2v) is 9.54. The number of phenolic OH excluding ortho intramolecular Hbond substituents is 1. The van der Waals surface area contributed by atoms with Gasteiger partial charge in [-0.1, -0.05) is 77.9 Å². The van der Waals surface area contributed by atoms with Crippen molar-refractivity contribution in [2.75, 3.05) is 10.4 Å². The number of nitrogens with zero attached hydrogens (tertiary/aromatic N) is 1. The van der Waals surface area contributed by atoms with Crippen molar-refractivity contribution in [2.45, 2.75) is 52.4 Å². The molecule has 0 atom stereocenters. The number of nitrogens with one attached hydrogen (secondary N) is 1. The molecular formula is C26H32N2O. The van der Waals surface area contributed by atoms with Gasteiger partial charge < -0.3 is 5.11 Å². The van der Waals surface area contributed by atoms with Crippen LogP contribution in [0.5, 0.6) is 5.75 Å². The Morgan fingerprint density at radius 3 is 1.55 bits per heavy atom. The van der Waals surface area contributed by atoms with Gasteiger partial charge in [0, 0.05) is 11.1 Å². The molecule has 0 spiro atoms. The van der Waals surface area contributed by atoms with Crippen LogP contribution in [0.4, 0.5) is 17.1 Å². The molecule has 0 saturated heterocycles. The highest BCUT2D eigenvalue weighted by Gasteiger charge is 2.28. The smallest absolute Gasteiger partial charge is 0.123 e. The molecule has 0 aliphatic rings. The first kappa shape index (κ1) is 20.8. The van der Waals surface area contributed by atoms with Gasteiger partial charge in [0.05, 0.1) is 17.1 Å². The Bertz CT molecular complexity index is 916. The van der Waals surface area contributed by atoms with Gasteiger partial charge in [-0.15, -0.1) is 0 Å². The fourth-order valence-electron chi connectivity index (χ4n) is 3.39. The van der Waals surface area contributed by atoms with E-state index in [1.54, 1.807) is 0 Å². The van der Waals surface area contributed by atoms with Gasteiger partial charge in [-0.2, -0.15) is 0 Å². The van der Waals surface area contributed by atoms with Crippen LogP contribution in [0.3, 0.4) is 0 Å². The van der Waals surface area contributed by atoms with E-state index >= 15 is 0 Å². The summed E-state index contributed by atoms with van der Waals surface area (Å²) in [5, 5.41) is 13.2.